The third kappa shape index (κ3) is 10.3. The molecule has 2 saturated heterocycles. The molecule has 2 aliphatic heterocycles. The van der Waals surface area contributed by atoms with Crippen molar-refractivity contribution in [2.24, 2.45) is 10.9 Å². The molecule has 4 rings (SSSR count). The number of hydrogen-bond acceptors (Lipinski definition) is 6. The second-order valence-corrected chi connectivity index (χ2v) is 13.5. The normalized spacial score (nSPS) is 17.1. The molecular weight excluding hydrogens is 688 g/mol. The highest BCUT2D eigenvalue weighted by Gasteiger charge is 2.33. The Morgan fingerprint density at radius 2 is 1.72 bits per heavy atom. The van der Waals surface area contributed by atoms with Crippen molar-refractivity contribution in [3.05, 3.63) is 67.6 Å². The molecule has 2 aliphatic rings. The standard InChI is InChI=1S/C32H41Cl4N7O4/c1-40(30(44)22-16-23(33)19-24(34)17-22)20-29(39-47-2)26(21-4-5-27(35)28(36)18-21)8-14-41-12-6-25(7-13-41)43-11-3-10-42(32(43)46)15-9-38-31(37)45/h4-5,16-19,25-26H,3,6-15,20H2,1-2H3,(H3,37,38,45)/b39-29+/t26-/m1/s1. The Labute approximate surface area is 295 Å². The molecule has 5 amide bonds. The zero-order valence-corrected chi connectivity index (χ0v) is 29.6. The Hall–Kier alpha value is -2.96. The number of nitrogens with zero attached hydrogens (tertiary/aromatic N) is 5. The monoisotopic (exact) mass is 727 g/mol. The third-order valence-electron chi connectivity index (χ3n) is 8.57. The number of halogens is 4. The van der Waals surface area contributed by atoms with E-state index in [9.17, 15) is 14.4 Å². The number of benzene rings is 2. The number of amides is 5. The number of oxime groups is 1. The summed E-state index contributed by atoms with van der Waals surface area (Å²) < 4.78 is 0. The van der Waals surface area contributed by atoms with Crippen LogP contribution < -0.4 is 11.1 Å². The summed E-state index contributed by atoms with van der Waals surface area (Å²) in [7, 11) is 3.17. The molecule has 2 heterocycles. The maximum absolute atomic E-state index is 13.3. The topological polar surface area (TPSA) is 124 Å². The highest BCUT2D eigenvalue weighted by molar-refractivity contribution is 6.42. The lowest BCUT2D eigenvalue weighted by molar-refractivity contribution is 0.0784. The van der Waals surface area contributed by atoms with Crippen molar-refractivity contribution in [3.63, 3.8) is 0 Å². The second kappa shape index (κ2) is 17.4. The zero-order valence-electron chi connectivity index (χ0n) is 26.6. The molecule has 0 aromatic heterocycles. The fraction of sp³-hybridized carbons (Fsp3) is 0.500. The molecule has 0 bridgehead atoms. The summed E-state index contributed by atoms with van der Waals surface area (Å²) in [6.07, 6.45) is 3.28. The summed E-state index contributed by atoms with van der Waals surface area (Å²) in [5, 5.41) is 8.56. The average Bonchev–Trinajstić information content (AvgIpc) is 3.03. The summed E-state index contributed by atoms with van der Waals surface area (Å²) in [5.74, 6) is -0.491. The van der Waals surface area contributed by atoms with E-state index in [4.69, 9.17) is 57.0 Å². The average molecular weight is 730 g/mol. The van der Waals surface area contributed by atoms with Crippen LogP contribution >= 0.6 is 46.4 Å². The van der Waals surface area contributed by atoms with E-state index in [-0.39, 0.29) is 30.4 Å². The molecule has 0 unspecified atom stereocenters. The number of urea groups is 2. The molecule has 0 spiro atoms. The minimum Gasteiger partial charge on any atom is -0.399 e. The van der Waals surface area contributed by atoms with Crippen LogP contribution in [-0.2, 0) is 4.84 Å². The minimum atomic E-state index is -0.593. The fourth-order valence-electron chi connectivity index (χ4n) is 6.22. The molecule has 3 N–H and O–H groups in total. The number of piperidine rings is 1. The molecule has 1 atom stereocenters. The Kier molecular flexibility index (Phi) is 13.7. The lowest BCUT2D eigenvalue weighted by Gasteiger charge is -2.43. The van der Waals surface area contributed by atoms with Crippen LogP contribution in [-0.4, -0.2) is 116 Å². The smallest absolute Gasteiger partial charge is 0.320 e. The van der Waals surface area contributed by atoms with Gasteiger partial charge in [-0.3, -0.25) is 4.79 Å². The number of nitrogens with two attached hydrogens (primary N) is 1. The summed E-state index contributed by atoms with van der Waals surface area (Å²) >= 11 is 25.0. The van der Waals surface area contributed by atoms with Gasteiger partial charge in [-0.25, -0.2) is 9.59 Å². The summed E-state index contributed by atoms with van der Waals surface area (Å²) in [6.45, 7) is 4.77. The van der Waals surface area contributed by atoms with Gasteiger partial charge in [-0.15, -0.1) is 0 Å². The van der Waals surface area contributed by atoms with Gasteiger partial charge in [-0.05, 0) is 68.1 Å². The maximum atomic E-state index is 13.3. The molecule has 0 radical (unpaired) electrons. The van der Waals surface area contributed by atoms with E-state index in [1.807, 2.05) is 17.0 Å². The lowest BCUT2D eigenvalue weighted by atomic mass is 9.89. The number of nitrogens with one attached hydrogen (secondary N) is 1. The zero-order chi connectivity index (χ0) is 34.1. The predicted molar refractivity (Wildman–Crippen MR) is 187 cm³/mol. The van der Waals surface area contributed by atoms with Crippen molar-refractivity contribution in [3.8, 4) is 0 Å². The van der Waals surface area contributed by atoms with E-state index in [1.165, 1.54) is 7.11 Å². The molecule has 256 valence electrons. The van der Waals surface area contributed by atoms with E-state index in [2.05, 4.69) is 15.4 Å². The molecule has 2 aromatic carbocycles. The van der Waals surface area contributed by atoms with Gasteiger partial charge in [-0.2, -0.15) is 0 Å². The highest BCUT2D eigenvalue weighted by atomic mass is 35.5. The molecule has 11 nitrogen and oxygen atoms in total. The number of carbonyl (C=O) groups excluding carboxylic acids is 3. The number of primary amides is 1. The van der Waals surface area contributed by atoms with Crippen LogP contribution in [0.5, 0.6) is 0 Å². The lowest BCUT2D eigenvalue weighted by Crippen LogP contribution is -2.56. The molecule has 15 heteroatoms. The Morgan fingerprint density at radius 1 is 1.02 bits per heavy atom. The largest absolute Gasteiger partial charge is 0.399 e. The number of hydrogen-bond donors (Lipinski definition) is 2. The first-order chi connectivity index (χ1) is 22.5. The first-order valence-electron chi connectivity index (χ1n) is 15.5. The van der Waals surface area contributed by atoms with Crippen molar-refractivity contribution in [2.45, 2.75) is 37.6 Å². The van der Waals surface area contributed by atoms with Gasteiger partial charge in [0.25, 0.3) is 5.91 Å². The number of likely N-dealkylation sites (tertiary alicyclic amines) is 1. The van der Waals surface area contributed by atoms with Crippen molar-refractivity contribution >= 4 is 70.1 Å². The van der Waals surface area contributed by atoms with Gasteiger partial charge in [0.1, 0.15) is 7.11 Å². The summed E-state index contributed by atoms with van der Waals surface area (Å²) in [4.78, 5) is 50.6. The van der Waals surface area contributed by atoms with E-state index in [0.29, 0.717) is 57.4 Å². The van der Waals surface area contributed by atoms with E-state index >= 15 is 0 Å². The van der Waals surface area contributed by atoms with Crippen molar-refractivity contribution < 1.29 is 19.2 Å². The number of carbonyl (C=O) groups is 3. The summed E-state index contributed by atoms with van der Waals surface area (Å²) in [6, 6.07) is 9.82. The van der Waals surface area contributed by atoms with E-state index < -0.39 is 6.03 Å². The number of rotatable bonds is 13. The quantitative estimate of drug-likeness (QED) is 0.199. The predicted octanol–water partition coefficient (Wildman–Crippen LogP) is 5.81. The Balaban J connectivity index is 1.42. The van der Waals surface area contributed by atoms with Crippen molar-refractivity contribution in [2.75, 3.05) is 66.5 Å². The second-order valence-electron chi connectivity index (χ2n) is 11.8. The van der Waals surface area contributed by atoms with Crippen LogP contribution in [0.3, 0.4) is 0 Å². The minimum absolute atomic E-state index is 0.0137. The molecule has 2 aromatic rings. The first kappa shape index (κ1) is 36.9. The molecule has 47 heavy (non-hydrogen) atoms. The van der Waals surface area contributed by atoms with Crippen LogP contribution in [0.2, 0.25) is 20.1 Å². The Morgan fingerprint density at radius 3 is 2.36 bits per heavy atom. The van der Waals surface area contributed by atoms with Gasteiger partial charge >= 0.3 is 12.1 Å². The van der Waals surface area contributed by atoms with Crippen molar-refractivity contribution in [1.29, 1.82) is 0 Å². The van der Waals surface area contributed by atoms with Crippen LogP contribution in [0.25, 0.3) is 0 Å². The third-order valence-corrected chi connectivity index (χ3v) is 9.74. The van der Waals surface area contributed by atoms with Gasteiger partial charge in [0.15, 0.2) is 0 Å². The molecule has 0 aliphatic carbocycles. The van der Waals surface area contributed by atoms with Gasteiger partial charge < -0.3 is 35.5 Å². The van der Waals surface area contributed by atoms with E-state index in [0.717, 1.165) is 51.0 Å². The highest BCUT2D eigenvalue weighted by Crippen LogP contribution is 2.31. The molecular formula is C32H41Cl4N7O4. The molecule has 0 saturated carbocycles. The van der Waals surface area contributed by atoms with Crippen molar-refractivity contribution in [1.82, 2.24) is 24.9 Å². The molecule has 2 fully saturated rings. The van der Waals surface area contributed by atoms with Gasteiger partial charge in [-0.1, -0.05) is 57.6 Å². The Bertz CT molecular complexity index is 1430. The summed E-state index contributed by atoms with van der Waals surface area (Å²) in [5.41, 5.74) is 7.09. The van der Waals surface area contributed by atoms with E-state index in [1.54, 1.807) is 41.1 Å². The van der Waals surface area contributed by atoms with Gasteiger partial charge in [0.05, 0.1) is 22.3 Å². The van der Waals surface area contributed by atoms with Crippen LogP contribution in [0.4, 0.5) is 9.59 Å². The van der Waals surface area contributed by atoms with Crippen LogP contribution in [0.15, 0.2) is 41.6 Å². The van der Waals surface area contributed by atoms with Gasteiger partial charge in [0, 0.05) is 73.9 Å². The maximum Gasteiger partial charge on any atom is 0.320 e. The fourth-order valence-corrected chi connectivity index (χ4v) is 7.05. The SMILES string of the molecule is CO/N=C(\CN(C)C(=O)c1cc(Cl)cc(Cl)c1)[C@H](CCN1CCC(N2CCCN(CCNC(N)=O)C2=O)CC1)c1ccc(Cl)c(Cl)c1. The first-order valence-corrected chi connectivity index (χ1v) is 17.1. The van der Waals surface area contributed by atoms with Crippen LogP contribution in [0, 0.1) is 0 Å². The van der Waals surface area contributed by atoms with Crippen LogP contribution in [0.1, 0.15) is 47.5 Å². The van der Waals surface area contributed by atoms with Gasteiger partial charge in [0.2, 0.25) is 0 Å².